The van der Waals surface area contributed by atoms with Gasteiger partial charge in [-0.15, -0.1) is 16.4 Å². The van der Waals surface area contributed by atoms with Gasteiger partial charge in [-0.3, -0.25) is 4.79 Å². The van der Waals surface area contributed by atoms with Crippen molar-refractivity contribution in [3.63, 3.8) is 0 Å². The SMILES string of the molecule is CC(=O)Nc1ccc(OCC(O)Cn2nc(-c3cccs3)oc2=O)cc1. The quantitative estimate of drug-likeness (QED) is 0.654. The highest BCUT2D eigenvalue weighted by atomic mass is 32.1. The number of ether oxygens (including phenoxy) is 1. The second-order valence-electron chi connectivity index (χ2n) is 5.50. The number of nitrogens with one attached hydrogen (secondary N) is 1. The minimum absolute atomic E-state index is 0.0207. The minimum atomic E-state index is -0.941. The molecule has 3 rings (SSSR count). The molecule has 1 atom stereocenters. The van der Waals surface area contributed by atoms with Crippen LogP contribution in [0.1, 0.15) is 6.92 Å². The number of aliphatic hydroxyl groups excluding tert-OH is 1. The van der Waals surface area contributed by atoms with Gasteiger partial charge in [0.25, 0.3) is 5.89 Å². The van der Waals surface area contributed by atoms with Crippen molar-refractivity contribution in [2.45, 2.75) is 19.6 Å². The maximum atomic E-state index is 11.8. The molecule has 3 aromatic rings. The lowest BCUT2D eigenvalue weighted by Gasteiger charge is -2.12. The van der Waals surface area contributed by atoms with E-state index in [-0.39, 0.29) is 24.9 Å². The number of aliphatic hydroxyl groups is 1. The van der Waals surface area contributed by atoms with E-state index in [4.69, 9.17) is 9.15 Å². The molecule has 0 aliphatic rings. The Kier molecular flexibility index (Phi) is 5.49. The van der Waals surface area contributed by atoms with Crippen LogP contribution in [-0.4, -0.2) is 33.5 Å². The first-order valence-corrected chi connectivity index (χ1v) is 8.69. The van der Waals surface area contributed by atoms with Gasteiger partial charge in [0, 0.05) is 12.6 Å². The third-order valence-electron chi connectivity index (χ3n) is 3.34. The molecule has 26 heavy (non-hydrogen) atoms. The van der Waals surface area contributed by atoms with E-state index < -0.39 is 11.9 Å². The smallest absolute Gasteiger partial charge is 0.437 e. The molecule has 0 aliphatic carbocycles. The van der Waals surface area contributed by atoms with Gasteiger partial charge in [-0.2, -0.15) is 4.68 Å². The van der Waals surface area contributed by atoms with Crippen molar-refractivity contribution < 1.29 is 19.1 Å². The molecular formula is C17H17N3O5S. The highest BCUT2D eigenvalue weighted by Crippen LogP contribution is 2.21. The number of carbonyl (C=O) groups excluding carboxylic acids is 1. The third kappa shape index (κ3) is 4.58. The lowest BCUT2D eigenvalue weighted by molar-refractivity contribution is -0.114. The summed E-state index contributed by atoms with van der Waals surface area (Å²) in [5.74, 6) is -0.0298. The Balaban J connectivity index is 1.55. The monoisotopic (exact) mass is 375 g/mol. The molecule has 0 saturated carbocycles. The Morgan fingerprint density at radius 3 is 2.81 bits per heavy atom. The van der Waals surface area contributed by atoms with Crippen molar-refractivity contribution in [2.75, 3.05) is 11.9 Å². The van der Waals surface area contributed by atoms with Gasteiger partial charge in [0.15, 0.2) is 0 Å². The van der Waals surface area contributed by atoms with Gasteiger partial charge in [-0.05, 0) is 35.7 Å². The van der Waals surface area contributed by atoms with Crippen LogP contribution in [0, 0.1) is 0 Å². The minimum Gasteiger partial charge on any atom is -0.491 e. The summed E-state index contributed by atoms with van der Waals surface area (Å²) < 4.78 is 11.6. The van der Waals surface area contributed by atoms with E-state index in [0.717, 1.165) is 9.56 Å². The number of thiophene rings is 1. The molecule has 1 amide bonds. The largest absolute Gasteiger partial charge is 0.491 e. The van der Waals surface area contributed by atoms with Crippen molar-refractivity contribution in [3.8, 4) is 16.5 Å². The maximum absolute atomic E-state index is 11.8. The van der Waals surface area contributed by atoms with Crippen LogP contribution >= 0.6 is 11.3 Å². The first-order chi connectivity index (χ1) is 12.5. The van der Waals surface area contributed by atoms with E-state index in [1.807, 2.05) is 11.4 Å². The number of nitrogens with zero attached hydrogens (tertiary/aromatic N) is 2. The first kappa shape index (κ1) is 17.9. The fourth-order valence-electron chi connectivity index (χ4n) is 2.20. The number of amides is 1. The number of hydrogen-bond acceptors (Lipinski definition) is 7. The summed E-state index contributed by atoms with van der Waals surface area (Å²) in [7, 11) is 0. The van der Waals surface area contributed by atoms with Crippen molar-refractivity contribution in [3.05, 3.63) is 52.3 Å². The second-order valence-corrected chi connectivity index (χ2v) is 6.45. The number of carbonyl (C=O) groups is 1. The van der Waals surface area contributed by atoms with E-state index in [1.165, 1.54) is 18.3 Å². The normalized spacial score (nSPS) is 11.9. The predicted molar refractivity (Wildman–Crippen MR) is 96.3 cm³/mol. The van der Waals surface area contributed by atoms with Gasteiger partial charge < -0.3 is 19.6 Å². The van der Waals surface area contributed by atoms with Crippen LogP contribution in [0.25, 0.3) is 10.8 Å². The second kappa shape index (κ2) is 7.98. The van der Waals surface area contributed by atoms with Gasteiger partial charge in [0.2, 0.25) is 5.91 Å². The molecule has 1 aromatic carbocycles. The molecule has 0 spiro atoms. The molecule has 0 radical (unpaired) electrons. The van der Waals surface area contributed by atoms with Crippen molar-refractivity contribution in [1.29, 1.82) is 0 Å². The Morgan fingerprint density at radius 2 is 2.15 bits per heavy atom. The van der Waals surface area contributed by atoms with Crippen LogP contribution in [-0.2, 0) is 11.3 Å². The summed E-state index contributed by atoms with van der Waals surface area (Å²) >= 11 is 1.41. The molecule has 0 aliphatic heterocycles. The van der Waals surface area contributed by atoms with E-state index >= 15 is 0 Å². The van der Waals surface area contributed by atoms with Crippen LogP contribution in [0.15, 0.2) is 51.0 Å². The number of hydrogen-bond donors (Lipinski definition) is 2. The van der Waals surface area contributed by atoms with Gasteiger partial charge in [0.05, 0.1) is 11.4 Å². The topological polar surface area (TPSA) is 107 Å². The van der Waals surface area contributed by atoms with Crippen LogP contribution in [0.3, 0.4) is 0 Å². The Morgan fingerprint density at radius 1 is 1.38 bits per heavy atom. The van der Waals surface area contributed by atoms with Crippen LogP contribution < -0.4 is 15.8 Å². The summed E-state index contributed by atoms with van der Waals surface area (Å²) in [5, 5.41) is 18.7. The highest BCUT2D eigenvalue weighted by Gasteiger charge is 2.15. The zero-order valence-electron chi connectivity index (χ0n) is 13.9. The summed E-state index contributed by atoms with van der Waals surface area (Å²) in [4.78, 5) is 23.5. The van der Waals surface area contributed by atoms with Crippen LogP contribution in [0.4, 0.5) is 5.69 Å². The average molecular weight is 375 g/mol. The van der Waals surface area contributed by atoms with E-state index in [2.05, 4.69) is 10.4 Å². The van der Waals surface area contributed by atoms with Gasteiger partial charge in [0.1, 0.15) is 18.5 Å². The molecule has 0 saturated heterocycles. The number of aromatic nitrogens is 2. The van der Waals surface area contributed by atoms with Crippen LogP contribution in [0.5, 0.6) is 5.75 Å². The van der Waals surface area contributed by atoms with E-state index in [1.54, 1.807) is 30.3 Å². The Bertz CT molecular complexity index is 915. The molecule has 0 fully saturated rings. The number of benzene rings is 1. The molecule has 1 unspecified atom stereocenters. The van der Waals surface area contributed by atoms with E-state index in [9.17, 15) is 14.7 Å². The molecule has 8 nitrogen and oxygen atoms in total. The molecule has 2 heterocycles. The summed E-state index contributed by atoms with van der Waals surface area (Å²) in [5.41, 5.74) is 0.653. The highest BCUT2D eigenvalue weighted by molar-refractivity contribution is 7.13. The van der Waals surface area contributed by atoms with Gasteiger partial charge >= 0.3 is 5.76 Å². The van der Waals surface area contributed by atoms with Gasteiger partial charge in [-0.1, -0.05) is 6.07 Å². The first-order valence-electron chi connectivity index (χ1n) is 7.81. The van der Waals surface area contributed by atoms with Crippen molar-refractivity contribution >= 4 is 22.9 Å². The zero-order chi connectivity index (χ0) is 18.5. The lowest BCUT2D eigenvalue weighted by atomic mass is 10.3. The average Bonchev–Trinajstić information content (AvgIpc) is 3.24. The number of rotatable bonds is 7. The Hall–Kier alpha value is -2.91. The van der Waals surface area contributed by atoms with E-state index in [0.29, 0.717) is 11.4 Å². The maximum Gasteiger partial charge on any atom is 0.437 e. The summed E-state index contributed by atoms with van der Waals surface area (Å²) in [6.45, 7) is 1.36. The molecule has 9 heteroatoms. The fraction of sp³-hybridized carbons (Fsp3) is 0.235. The molecule has 2 aromatic heterocycles. The fourth-order valence-corrected chi connectivity index (χ4v) is 2.85. The standard InChI is InChI=1S/C17H17N3O5S/c1-11(21)18-12-4-6-14(7-5-12)24-10-13(22)9-20-17(23)25-16(19-20)15-3-2-8-26-15/h2-8,13,22H,9-10H2,1H3,(H,18,21). The molecule has 136 valence electrons. The van der Waals surface area contributed by atoms with Crippen molar-refractivity contribution in [2.24, 2.45) is 0 Å². The van der Waals surface area contributed by atoms with Gasteiger partial charge in [-0.25, -0.2) is 4.79 Å². The Labute approximate surface area is 152 Å². The van der Waals surface area contributed by atoms with Crippen molar-refractivity contribution in [1.82, 2.24) is 9.78 Å². The predicted octanol–water partition coefficient (Wildman–Crippen LogP) is 1.96. The summed E-state index contributed by atoms with van der Waals surface area (Å²) in [6, 6.07) is 10.4. The number of anilines is 1. The lowest BCUT2D eigenvalue weighted by Crippen LogP contribution is -2.29. The molecule has 0 bridgehead atoms. The third-order valence-corrected chi connectivity index (χ3v) is 4.20. The summed E-state index contributed by atoms with van der Waals surface area (Å²) in [6.07, 6.45) is -0.941. The van der Waals surface area contributed by atoms with Crippen LogP contribution in [0.2, 0.25) is 0 Å². The molecule has 2 N–H and O–H groups in total. The molecular weight excluding hydrogens is 358 g/mol. The zero-order valence-corrected chi connectivity index (χ0v) is 14.7.